The number of aryl methyl sites for hydroxylation is 1. The first kappa shape index (κ1) is 26.4. The van der Waals surface area contributed by atoms with Crippen molar-refractivity contribution >= 4 is 10.8 Å². The zero-order chi connectivity index (χ0) is 24.5. The van der Waals surface area contributed by atoms with Gasteiger partial charge in [-0.05, 0) is 98.5 Å². The first-order valence-electron chi connectivity index (χ1n) is 15.0. The van der Waals surface area contributed by atoms with Gasteiger partial charge in [0, 0.05) is 5.39 Å². The van der Waals surface area contributed by atoms with Gasteiger partial charge in [-0.15, -0.1) is 0 Å². The van der Waals surface area contributed by atoms with Gasteiger partial charge in [0.2, 0.25) is 0 Å². The first-order valence-corrected chi connectivity index (χ1v) is 15.0. The lowest BCUT2D eigenvalue weighted by Crippen LogP contribution is -2.17. The van der Waals surface area contributed by atoms with Crippen molar-refractivity contribution < 1.29 is 4.39 Å². The van der Waals surface area contributed by atoms with Crippen molar-refractivity contribution in [1.29, 1.82) is 0 Å². The molecule has 0 N–H and O–H groups in total. The van der Waals surface area contributed by atoms with E-state index in [0.29, 0.717) is 5.92 Å². The highest BCUT2D eigenvalue weighted by Crippen LogP contribution is 2.41. The summed E-state index contributed by atoms with van der Waals surface area (Å²) in [5.41, 5.74) is 2.33. The number of halogens is 1. The van der Waals surface area contributed by atoms with E-state index in [1.807, 2.05) is 6.07 Å². The molecule has 0 spiro atoms. The van der Waals surface area contributed by atoms with E-state index in [2.05, 4.69) is 50.3 Å². The fourth-order valence-electron chi connectivity index (χ4n) is 6.93. The SMILES string of the molecule is C/C=C/CCC1CCC(CCC2CCC(c3ccc4c(F)c(CCCCC)ccc4c3)CC2)CC1. The van der Waals surface area contributed by atoms with Crippen molar-refractivity contribution in [3.8, 4) is 0 Å². The standard InChI is InChI=1S/C34H49F/c1-3-5-7-9-26-11-13-27(14-12-26)15-16-28-17-19-29(20-18-28)31-23-24-33-32(25-31)22-21-30(34(33)35)10-8-6-4-2/h3,5,21-29H,4,6-20H2,1-2H3/b5-3+. The molecule has 0 aliphatic heterocycles. The molecule has 0 atom stereocenters. The fourth-order valence-corrected chi connectivity index (χ4v) is 6.93. The van der Waals surface area contributed by atoms with Crippen LogP contribution in [0.4, 0.5) is 4.39 Å². The van der Waals surface area contributed by atoms with Gasteiger partial charge in [0.15, 0.2) is 0 Å². The Kier molecular flexibility index (Phi) is 10.3. The molecule has 2 fully saturated rings. The number of unbranched alkanes of at least 4 members (excludes halogenated alkanes) is 2. The number of hydrogen-bond acceptors (Lipinski definition) is 0. The lowest BCUT2D eigenvalue weighted by Gasteiger charge is -2.32. The Morgan fingerprint density at radius 2 is 1.46 bits per heavy atom. The number of hydrogen-bond donors (Lipinski definition) is 0. The maximum Gasteiger partial charge on any atom is 0.134 e. The van der Waals surface area contributed by atoms with Gasteiger partial charge in [-0.1, -0.05) is 101 Å². The van der Waals surface area contributed by atoms with Gasteiger partial charge in [-0.25, -0.2) is 4.39 Å². The third-order valence-electron chi connectivity index (χ3n) is 9.35. The minimum absolute atomic E-state index is 0.0145. The minimum Gasteiger partial charge on any atom is -0.206 e. The molecule has 0 nitrogen and oxygen atoms in total. The van der Waals surface area contributed by atoms with Crippen LogP contribution in [0.5, 0.6) is 0 Å². The summed E-state index contributed by atoms with van der Waals surface area (Å²) in [6.07, 6.45) is 25.7. The van der Waals surface area contributed by atoms with Gasteiger partial charge in [0.1, 0.15) is 5.82 Å². The summed E-state index contributed by atoms with van der Waals surface area (Å²) in [5.74, 6) is 3.59. The van der Waals surface area contributed by atoms with Crippen LogP contribution in [0, 0.1) is 23.6 Å². The lowest BCUT2D eigenvalue weighted by molar-refractivity contribution is 0.225. The highest BCUT2D eigenvalue weighted by atomic mass is 19.1. The van der Waals surface area contributed by atoms with Gasteiger partial charge in [0.25, 0.3) is 0 Å². The Morgan fingerprint density at radius 1 is 0.800 bits per heavy atom. The summed E-state index contributed by atoms with van der Waals surface area (Å²) < 4.78 is 15.0. The first-order chi connectivity index (χ1) is 17.2. The van der Waals surface area contributed by atoms with Crippen LogP contribution < -0.4 is 0 Å². The van der Waals surface area contributed by atoms with Crippen LogP contribution >= 0.6 is 0 Å². The summed E-state index contributed by atoms with van der Waals surface area (Å²) in [6, 6.07) is 10.8. The van der Waals surface area contributed by atoms with Crippen LogP contribution in [-0.4, -0.2) is 0 Å². The van der Waals surface area contributed by atoms with Crippen LogP contribution in [-0.2, 0) is 6.42 Å². The van der Waals surface area contributed by atoms with Gasteiger partial charge >= 0.3 is 0 Å². The van der Waals surface area contributed by atoms with Crippen molar-refractivity contribution in [2.75, 3.05) is 0 Å². The number of rotatable bonds is 11. The number of fused-ring (bicyclic) bond motifs is 1. The molecule has 2 aromatic rings. The predicted octanol–water partition coefficient (Wildman–Crippen LogP) is 10.9. The van der Waals surface area contributed by atoms with Crippen LogP contribution in [0.2, 0.25) is 0 Å². The molecule has 2 aliphatic carbocycles. The van der Waals surface area contributed by atoms with Crippen molar-refractivity contribution in [3.63, 3.8) is 0 Å². The average molecular weight is 477 g/mol. The topological polar surface area (TPSA) is 0 Å². The molecule has 0 radical (unpaired) electrons. The fraction of sp³-hybridized carbons (Fsp3) is 0.647. The smallest absolute Gasteiger partial charge is 0.134 e. The largest absolute Gasteiger partial charge is 0.206 e. The van der Waals surface area contributed by atoms with Crippen LogP contribution in [0.1, 0.15) is 127 Å². The Morgan fingerprint density at radius 3 is 2.11 bits per heavy atom. The maximum absolute atomic E-state index is 15.0. The molecule has 0 heterocycles. The zero-order valence-electron chi connectivity index (χ0n) is 22.5. The maximum atomic E-state index is 15.0. The quantitative estimate of drug-likeness (QED) is 0.223. The highest BCUT2D eigenvalue weighted by Gasteiger charge is 2.25. The zero-order valence-corrected chi connectivity index (χ0v) is 22.5. The minimum atomic E-state index is 0.0145. The molecular weight excluding hydrogens is 427 g/mol. The summed E-state index contributed by atoms with van der Waals surface area (Å²) in [7, 11) is 0. The van der Waals surface area contributed by atoms with Gasteiger partial charge in [-0.2, -0.15) is 0 Å². The van der Waals surface area contributed by atoms with E-state index in [0.717, 1.165) is 46.9 Å². The lowest BCUT2D eigenvalue weighted by atomic mass is 9.74. The Hall–Kier alpha value is -1.63. The van der Waals surface area contributed by atoms with Crippen LogP contribution in [0.15, 0.2) is 42.5 Å². The molecule has 192 valence electrons. The monoisotopic (exact) mass is 476 g/mol. The van der Waals surface area contributed by atoms with Crippen molar-refractivity contribution in [2.24, 2.45) is 17.8 Å². The predicted molar refractivity (Wildman–Crippen MR) is 151 cm³/mol. The van der Waals surface area contributed by atoms with Gasteiger partial charge < -0.3 is 0 Å². The number of benzene rings is 2. The van der Waals surface area contributed by atoms with E-state index in [1.54, 1.807) is 0 Å². The molecule has 0 aromatic heterocycles. The third-order valence-corrected chi connectivity index (χ3v) is 9.35. The third kappa shape index (κ3) is 7.43. The summed E-state index contributed by atoms with van der Waals surface area (Å²) in [4.78, 5) is 0. The summed E-state index contributed by atoms with van der Waals surface area (Å²) in [6.45, 7) is 4.34. The second kappa shape index (κ2) is 13.6. The van der Waals surface area contributed by atoms with E-state index >= 15 is 4.39 Å². The molecule has 0 saturated heterocycles. The molecule has 2 saturated carbocycles. The summed E-state index contributed by atoms with van der Waals surface area (Å²) in [5, 5.41) is 1.90. The Bertz CT molecular complexity index is 925. The normalized spacial score (nSPS) is 25.5. The molecule has 2 aliphatic rings. The van der Waals surface area contributed by atoms with E-state index in [1.165, 1.54) is 95.5 Å². The molecule has 0 unspecified atom stereocenters. The van der Waals surface area contributed by atoms with Crippen molar-refractivity contribution in [3.05, 3.63) is 59.4 Å². The molecular formula is C34H49F. The van der Waals surface area contributed by atoms with E-state index < -0.39 is 0 Å². The van der Waals surface area contributed by atoms with E-state index in [4.69, 9.17) is 0 Å². The molecule has 0 bridgehead atoms. The van der Waals surface area contributed by atoms with Gasteiger partial charge in [0.05, 0.1) is 0 Å². The summed E-state index contributed by atoms with van der Waals surface area (Å²) >= 11 is 0. The van der Waals surface area contributed by atoms with Gasteiger partial charge in [-0.3, -0.25) is 0 Å². The Labute approximate surface area is 214 Å². The second-order valence-electron chi connectivity index (χ2n) is 11.8. The molecule has 35 heavy (non-hydrogen) atoms. The van der Waals surface area contributed by atoms with E-state index in [9.17, 15) is 0 Å². The van der Waals surface area contributed by atoms with Crippen LogP contribution in [0.25, 0.3) is 10.8 Å². The second-order valence-corrected chi connectivity index (χ2v) is 11.8. The highest BCUT2D eigenvalue weighted by molar-refractivity contribution is 5.84. The number of allylic oxidation sites excluding steroid dienone is 2. The molecule has 4 rings (SSSR count). The molecule has 1 heteroatoms. The molecule has 2 aromatic carbocycles. The average Bonchev–Trinajstić information content (AvgIpc) is 2.90. The van der Waals surface area contributed by atoms with E-state index in [-0.39, 0.29) is 5.82 Å². The van der Waals surface area contributed by atoms with Crippen molar-refractivity contribution in [2.45, 2.75) is 122 Å². The van der Waals surface area contributed by atoms with Crippen molar-refractivity contribution in [1.82, 2.24) is 0 Å². The Balaban J connectivity index is 1.22. The van der Waals surface area contributed by atoms with Crippen LogP contribution in [0.3, 0.4) is 0 Å². The molecule has 0 amide bonds.